The first kappa shape index (κ1) is 22.3. The predicted octanol–water partition coefficient (Wildman–Crippen LogP) is 1.10. The second kappa shape index (κ2) is 14.9. The molecule has 5 N–H and O–H groups in total. The smallest absolute Gasteiger partial charge is 0.251 e. The van der Waals surface area contributed by atoms with E-state index < -0.39 is 30.8 Å². The number of amides is 1. The number of carbonyl (C=O) groups excluding carboxylic acids is 1. The van der Waals surface area contributed by atoms with Gasteiger partial charge in [0.1, 0.15) is 12.2 Å². The van der Waals surface area contributed by atoms with Crippen LogP contribution in [0.25, 0.3) is 0 Å². The average Bonchev–Trinajstić information content (AvgIpc) is 2.57. The monoisotopic (exact) mass is 333 g/mol. The summed E-state index contributed by atoms with van der Waals surface area (Å²) in [5, 5.41) is 39.3. The van der Waals surface area contributed by atoms with Crippen molar-refractivity contribution in [3.8, 4) is 0 Å². The molecule has 0 radical (unpaired) electrons. The highest BCUT2D eigenvalue weighted by atomic mass is 16.4. The Kier molecular flexibility index (Phi) is 14.4. The van der Waals surface area contributed by atoms with Crippen LogP contribution in [-0.2, 0) is 4.79 Å². The quantitative estimate of drug-likeness (QED) is 0.288. The normalized spacial score (nSPS) is 15.2. The van der Waals surface area contributed by atoms with Gasteiger partial charge in [0.15, 0.2) is 6.10 Å². The molecule has 6 heteroatoms. The Morgan fingerprint density at radius 2 is 1.35 bits per heavy atom. The van der Waals surface area contributed by atoms with Gasteiger partial charge in [-0.15, -0.1) is 0 Å². The highest BCUT2D eigenvalue weighted by Crippen LogP contribution is 2.10. The lowest BCUT2D eigenvalue weighted by atomic mass is 10.1. The molecule has 0 aliphatic rings. The van der Waals surface area contributed by atoms with Crippen molar-refractivity contribution in [2.24, 2.45) is 0 Å². The third kappa shape index (κ3) is 11.5. The molecule has 3 atom stereocenters. The highest BCUT2D eigenvalue weighted by molar-refractivity contribution is 5.81. The number of aliphatic hydroxyl groups excluding tert-OH is 4. The van der Waals surface area contributed by atoms with Crippen LogP contribution >= 0.6 is 0 Å². The minimum Gasteiger partial charge on any atom is -0.394 e. The molecule has 0 aromatic carbocycles. The largest absolute Gasteiger partial charge is 0.394 e. The van der Waals surface area contributed by atoms with E-state index in [0.29, 0.717) is 6.54 Å². The van der Waals surface area contributed by atoms with Gasteiger partial charge in [0, 0.05) is 6.54 Å². The van der Waals surface area contributed by atoms with E-state index in [1.165, 1.54) is 44.9 Å². The van der Waals surface area contributed by atoms with Gasteiger partial charge in [-0.2, -0.15) is 0 Å². The van der Waals surface area contributed by atoms with E-state index in [1.54, 1.807) is 0 Å². The van der Waals surface area contributed by atoms with Crippen LogP contribution in [0.2, 0.25) is 0 Å². The molecule has 0 aliphatic carbocycles. The Bertz CT molecular complexity index is 288. The molecule has 138 valence electrons. The Hall–Kier alpha value is -0.690. The fourth-order valence-electron chi connectivity index (χ4n) is 2.40. The van der Waals surface area contributed by atoms with Crippen LogP contribution in [0.1, 0.15) is 71.1 Å². The Labute approximate surface area is 139 Å². The lowest BCUT2D eigenvalue weighted by molar-refractivity contribution is -0.142. The Morgan fingerprint density at radius 3 is 1.83 bits per heavy atom. The van der Waals surface area contributed by atoms with Gasteiger partial charge < -0.3 is 25.7 Å². The van der Waals surface area contributed by atoms with E-state index in [-0.39, 0.29) is 0 Å². The first-order valence-corrected chi connectivity index (χ1v) is 8.97. The summed E-state index contributed by atoms with van der Waals surface area (Å²) in [7, 11) is 0. The molecular weight excluding hydrogens is 298 g/mol. The maximum absolute atomic E-state index is 11.6. The first-order valence-electron chi connectivity index (χ1n) is 8.97. The predicted molar refractivity (Wildman–Crippen MR) is 90.0 cm³/mol. The molecule has 0 spiro atoms. The van der Waals surface area contributed by atoms with E-state index in [4.69, 9.17) is 10.2 Å². The van der Waals surface area contributed by atoms with Crippen LogP contribution in [0.4, 0.5) is 0 Å². The van der Waals surface area contributed by atoms with Crippen molar-refractivity contribution in [3.63, 3.8) is 0 Å². The maximum atomic E-state index is 11.6. The molecule has 0 aromatic rings. The van der Waals surface area contributed by atoms with Gasteiger partial charge in [-0.3, -0.25) is 4.79 Å². The fraction of sp³-hybridized carbons (Fsp3) is 0.941. The zero-order chi connectivity index (χ0) is 17.5. The molecule has 0 aromatic heterocycles. The van der Waals surface area contributed by atoms with Gasteiger partial charge in [-0.05, 0) is 6.42 Å². The number of nitrogens with one attached hydrogen (secondary N) is 1. The molecule has 0 saturated heterocycles. The molecule has 6 nitrogen and oxygen atoms in total. The SMILES string of the molecule is CCCCCCCCCCCCNC(=O)[C@H](O)[C@H](O)[C@H](O)CO. The molecule has 1 amide bonds. The van der Waals surface area contributed by atoms with Gasteiger partial charge >= 0.3 is 0 Å². The Morgan fingerprint density at radius 1 is 0.870 bits per heavy atom. The van der Waals surface area contributed by atoms with Crippen LogP contribution in [0.3, 0.4) is 0 Å². The molecule has 0 bridgehead atoms. The summed E-state index contributed by atoms with van der Waals surface area (Å²) >= 11 is 0. The minimum absolute atomic E-state index is 0.439. The number of rotatable bonds is 15. The average molecular weight is 333 g/mol. The van der Waals surface area contributed by atoms with Crippen LogP contribution in [-0.4, -0.2) is 57.8 Å². The molecule has 0 saturated carbocycles. The molecular formula is C17H35NO5. The van der Waals surface area contributed by atoms with Gasteiger partial charge in [0.05, 0.1) is 6.61 Å². The summed E-state index contributed by atoms with van der Waals surface area (Å²) in [4.78, 5) is 11.6. The zero-order valence-electron chi connectivity index (χ0n) is 14.4. The van der Waals surface area contributed by atoms with Gasteiger partial charge in [0.25, 0.3) is 5.91 Å². The zero-order valence-corrected chi connectivity index (χ0v) is 14.4. The van der Waals surface area contributed by atoms with Crippen molar-refractivity contribution in [1.82, 2.24) is 5.32 Å². The van der Waals surface area contributed by atoms with Crippen molar-refractivity contribution in [2.75, 3.05) is 13.2 Å². The van der Waals surface area contributed by atoms with E-state index in [9.17, 15) is 15.0 Å². The second-order valence-corrected chi connectivity index (χ2v) is 6.16. The first-order chi connectivity index (χ1) is 11.0. The molecule has 23 heavy (non-hydrogen) atoms. The number of hydrogen-bond acceptors (Lipinski definition) is 5. The highest BCUT2D eigenvalue weighted by Gasteiger charge is 2.29. The van der Waals surface area contributed by atoms with Crippen LogP contribution < -0.4 is 5.32 Å². The molecule has 0 heterocycles. The summed E-state index contributed by atoms with van der Waals surface area (Å²) in [5.74, 6) is -0.721. The molecule has 0 unspecified atom stereocenters. The van der Waals surface area contributed by atoms with Gasteiger partial charge in [-0.1, -0.05) is 64.7 Å². The van der Waals surface area contributed by atoms with E-state index >= 15 is 0 Å². The van der Waals surface area contributed by atoms with Crippen molar-refractivity contribution >= 4 is 5.91 Å². The van der Waals surface area contributed by atoms with Gasteiger partial charge in [0.2, 0.25) is 0 Å². The van der Waals surface area contributed by atoms with Crippen molar-refractivity contribution in [2.45, 2.75) is 89.4 Å². The van der Waals surface area contributed by atoms with E-state index in [0.717, 1.165) is 19.3 Å². The summed E-state index contributed by atoms with van der Waals surface area (Å²) < 4.78 is 0. The standard InChI is InChI=1S/C17H35NO5/c1-2-3-4-5-6-7-8-9-10-11-12-18-17(23)16(22)15(21)14(20)13-19/h14-16,19-22H,2-13H2,1H3,(H,18,23)/t14-,15-,16-/m1/s1. The van der Waals surface area contributed by atoms with Crippen molar-refractivity contribution in [1.29, 1.82) is 0 Å². The summed E-state index contributed by atoms with van der Waals surface area (Å²) in [6.45, 7) is 1.95. The fourth-order valence-corrected chi connectivity index (χ4v) is 2.40. The van der Waals surface area contributed by atoms with Crippen LogP contribution in [0.15, 0.2) is 0 Å². The van der Waals surface area contributed by atoms with E-state index in [1.807, 2.05) is 0 Å². The third-order valence-electron chi connectivity index (χ3n) is 4.00. The van der Waals surface area contributed by atoms with Gasteiger partial charge in [-0.25, -0.2) is 0 Å². The maximum Gasteiger partial charge on any atom is 0.251 e. The molecule has 0 aliphatic heterocycles. The number of carbonyl (C=O) groups is 1. The third-order valence-corrected chi connectivity index (χ3v) is 4.00. The lowest BCUT2D eigenvalue weighted by Crippen LogP contribution is -2.48. The molecule has 0 rings (SSSR count). The molecule has 0 fully saturated rings. The summed E-state index contributed by atoms with van der Waals surface area (Å²) in [6, 6.07) is 0. The second-order valence-electron chi connectivity index (χ2n) is 6.16. The van der Waals surface area contributed by atoms with Crippen LogP contribution in [0, 0.1) is 0 Å². The van der Waals surface area contributed by atoms with Crippen molar-refractivity contribution < 1.29 is 25.2 Å². The topological polar surface area (TPSA) is 110 Å². The number of hydrogen-bond donors (Lipinski definition) is 5. The number of aliphatic hydroxyl groups is 4. The van der Waals surface area contributed by atoms with Crippen molar-refractivity contribution in [3.05, 3.63) is 0 Å². The van der Waals surface area contributed by atoms with Crippen LogP contribution in [0.5, 0.6) is 0 Å². The Balaban J connectivity index is 3.48. The minimum atomic E-state index is -1.72. The summed E-state index contributed by atoms with van der Waals surface area (Å²) in [6.07, 6.45) is 7.11. The summed E-state index contributed by atoms with van der Waals surface area (Å²) in [5.41, 5.74) is 0. The van der Waals surface area contributed by atoms with E-state index in [2.05, 4.69) is 12.2 Å². The number of unbranched alkanes of at least 4 members (excludes halogenated alkanes) is 9. The lowest BCUT2D eigenvalue weighted by Gasteiger charge is -2.20.